The lowest BCUT2D eigenvalue weighted by molar-refractivity contribution is -0.173. The van der Waals surface area contributed by atoms with Gasteiger partial charge in [0.15, 0.2) is 0 Å². The topological polar surface area (TPSA) is 79.8 Å². The first-order valence-electron chi connectivity index (χ1n) is 10.5. The monoisotopic (exact) mass is 427 g/mol. The Morgan fingerprint density at radius 3 is 2.16 bits per heavy atom. The van der Waals surface area contributed by atoms with Crippen molar-refractivity contribution in [2.45, 2.75) is 12.5 Å². The fourth-order valence-electron chi connectivity index (χ4n) is 4.45. The van der Waals surface area contributed by atoms with Gasteiger partial charge in [-0.3, -0.25) is 19.5 Å². The second kappa shape index (κ2) is 8.36. The molecule has 0 aliphatic carbocycles. The van der Waals surface area contributed by atoms with Crippen LogP contribution in [0, 0.1) is 5.92 Å². The van der Waals surface area contributed by atoms with Gasteiger partial charge in [0.2, 0.25) is 0 Å². The standard InChI is InChI=1S/C25H21N3O4/c29-23-19-8-4-5-9-20(19)24(30)28(23)32-25(31)22-16-27(14-17-6-2-1-3-7-17)15-21(22)18-10-12-26-13-11-18/h1-13,21-22H,14-16H2/t21-,22+/m0/s1. The molecule has 7 nitrogen and oxygen atoms in total. The minimum absolute atomic E-state index is 0.135. The van der Waals surface area contributed by atoms with Crippen molar-refractivity contribution in [3.05, 3.63) is 101 Å². The molecule has 2 aliphatic rings. The minimum Gasteiger partial charge on any atom is -0.329 e. The summed E-state index contributed by atoms with van der Waals surface area (Å²) >= 11 is 0. The van der Waals surface area contributed by atoms with Crippen molar-refractivity contribution in [3.63, 3.8) is 0 Å². The minimum atomic E-state index is -0.612. The highest BCUT2D eigenvalue weighted by Gasteiger charge is 2.44. The maximum absolute atomic E-state index is 13.2. The van der Waals surface area contributed by atoms with E-state index in [0.717, 1.165) is 11.1 Å². The van der Waals surface area contributed by atoms with Gasteiger partial charge >= 0.3 is 5.97 Å². The molecule has 0 spiro atoms. The van der Waals surface area contributed by atoms with Crippen LogP contribution in [0.5, 0.6) is 0 Å². The Labute approximate surface area is 185 Å². The van der Waals surface area contributed by atoms with Crippen molar-refractivity contribution in [1.29, 1.82) is 0 Å². The molecule has 2 amide bonds. The highest BCUT2D eigenvalue weighted by molar-refractivity contribution is 6.20. The zero-order valence-corrected chi connectivity index (χ0v) is 17.3. The molecule has 2 aromatic carbocycles. The van der Waals surface area contributed by atoms with Crippen LogP contribution < -0.4 is 0 Å². The number of likely N-dealkylation sites (tertiary alicyclic amines) is 1. The predicted octanol–water partition coefficient (Wildman–Crippen LogP) is 3.05. The number of rotatable bonds is 5. The second-order valence-corrected chi connectivity index (χ2v) is 8.03. The van der Waals surface area contributed by atoms with Crippen LogP contribution in [-0.2, 0) is 16.2 Å². The Kier molecular flexibility index (Phi) is 5.25. The molecule has 0 N–H and O–H groups in total. The largest absolute Gasteiger partial charge is 0.338 e. The van der Waals surface area contributed by atoms with Gasteiger partial charge in [0, 0.05) is 37.9 Å². The van der Waals surface area contributed by atoms with Crippen LogP contribution in [0.3, 0.4) is 0 Å². The third-order valence-electron chi connectivity index (χ3n) is 6.02. The van der Waals surface area contributed by atoms with Crippen LogP contribution in [0.2, 0.25) is 0 Å². The van der Waals surface area contributed by atoms with Gasteiger partial charge in [0.25, 0.3) is 11.8 Å². The van der Waals surface area contributed by atoms with Crippen LogP contribution in [-0.4, -0.2) is 45.8 Å². The van der Waals surface area contributed by atoms with Gasteiger partial charge in [-0.05, 0) is 35.4 Å². The second-order valence-electron chi connectivity index (χ2n) is 8.03. The number of carbonyl (C=O) groups excluding carboxylic acids is 3. The van der Waals surface area contributed by atoms with Crippen LogP contribution in [0.25, 0.3) is 0 Å². The number of fused-ring (bicyclic) bond motifs is 1. The first-order valence-corrected chi connectivity index (χ1v) is 10.5. The fraction of sp³-hybridized carbons (Fsp3) is 0.200. The van der Waals surface area contributed by atoms with E-state index in [1.807, 2.05) is 42.5 Å². The molecule has 0 unspecified atom stereocenters. The summed E-state index contributed by atoms with van der Waals surface area (Å²) in [5.41, 5.74) is 2.61. The Hall–Kier alpha value is -3.84. The van der Waals surface area contributed by atoms with E-state index in [1.54, 1.807) is 36.7 Å². The number of hydrogen-bond donors (Lipinski definition) is 0. The number of carbonyl (C=O) groups is 3. The van der Waals surface area contributed by atoms with Gasteiger partial charge < -0.3 is 4.84 Å². The van der Waals surface area contributed by atoms with Gasteiger partial charge in [-0.25, -0.2) is 4.79 Å². The molecule has 3 aromatic rings. The Bertz CT molecular complexity index is 1130. The molecular formula is C25H21N3O4. The molecule has 2 atom stereocenters. The summed E-state index contributed by atoms with van der Waals surface area (Å²) in [5, 5.41) is 0.594. The van der Waals surface area contributed by atoms with Gasteiger partial charge in [-0.15, -0.1) is 0 Å². The lowest BCUT2D eigenvalue weighted by Gasteiger charge is -2.20. The van der Waals surface area contributed by atoms with Crippen molar-refractivity contribution in [3.8, 4) is 0 Å². The number of benzene rings is 2. The first kappa shape index (κ1) is 20.1. The normalized spacial score (nSPS) is 20.4. The summed E-state index contributed by atoms with van der Waals surface area (Å²) in [6.07, 6.45) is 3.39. The van der Waals surface area contributed by atoms with Crippen molar-refractivity contribution in [1.82, 2.24) is 14.9 Å². The lowest BCUT2D eigenvalue weighted by Crippen LogP contribution is -2.37. The Morgan fingerprint density at radius 2 is 1.50 bits per heavy atom. The fourth-order valence-corrected chi connectivity index (χ4v) is 4.45. The maximum atomic E-state index is 13.2. The number of imide groups is 1. The van der Waals surface area contributed by atoms with Crippen LogP contribution in [0.15, 0.2) is 79.1 Å². The quantitative estimate of drug-likeness (QED) is 0.583. The molecule has 1 aromatic heterocycles. The van der Waals surface area contributed by atoms with Crippen LogP contribution in [0.1, 0.15) is 37.8 Å². The van der Waals surface area contributed by atoms with Crippen LogP contribution >= 0.6 is 0 Å². The third-order valence-corrected chi connectivity index (χ3v) is 6.02. The number of nitrogens with zero attached hydrogens (tertiary/aromatic N) is 3. The Balaban J connectivity index is 1.37. The van der Waals surface area contributed by atoms with Gasteiger partial charge in [-0.1, -0.05) is 47.5 Å². The summed E-state index contributed by atoms with van der Waals surface area (Å²) in [4.78, 5) is 50.1. The number of amides is 2. The molecule has 2 aliphatic heterocycles. The maximum Gasteiger partial charge on any atom is 0.338 e. The van der Waals surface area contributed by atoms with E-state index in [4.69, 9.17) is 4.84 Å². The molecule has 3 heterocycles. The van der Waals surface area contributed by atoms with Gasteiger partial charge in [0.05, 0.1) is 17.0 Å². The predicted molar refractivity (Wildman–Crippen MR) is 115 cm³/mol. The summed E-state index contributed by atoms with van der Waals surface area (Å²) in [7, 11) is 0. The number of aromatic nitrogens is 1. The SMILES string of the molecule is O=C(ON1C(=O)c2ccccc2C1=O)[C@@H]1CN(Cc2ccccc2)C[C@H]1c1ccncc1. The average molecular weight is 427 g/mol. The molecule has 0 bridgehead atoms. The average Bonchev–Trinajstić information content (AvgIpc) is 3.36. The zero-order valence-electron chi connectivity index (χ0n) is 17.3. The van der Waals surface area contributed by atoms with Gasteiger partial charge in [-0.2, -0.15) is 0 Å². The molecule has 0 radical (unpaired) electrons. The van der Waals surface area contributed by atoms with E-state index in [2.05, 4.69) is 9.88 Å². The summed E-state index contributed by atoms with van der Waals surface area (Å²) in [5.74, 6) is -2.47. The highest BCUT2D eigenvalue weighted by atomic mass is 16.7. The highest BCUT2D eigenvalue weighted by Crippen LogP contribution is 2.35. The molecular weight excluding hydrogens is 406 g/mol. The summed E-state index contributed by atoms with van der Waals surface area (Å²) in [6, 6.07) is 20.3. The molecule has 160 valence electrons. The van der Waals surface area contributed by atoms with Crippen molar-refractivity contribution >= 4 is 17.8 Å². The van der Waals surface area contributed by atoms with E-state index in [1.165, 1.54) is 0 Å². The molecule has 7 heteroatoms. The van der Waals surface area contributed by atoms with E-state index in [-0.39, 0.29) is 17.0 Å². The number of hydrogen-bond acceptors (Lipinski definition) is 6. The third kappa shape index (κ3) is 3.67. The Morgan fingerprint density at radius 1 is 0.875 bits per heavy atom. The van der Waals surface area contributed by atoms with E-state index in [0.29, 0.717) is 24.7 Å². The lowest BCUT2D eigenvalue weighted by atomic mass is 9.90. The first-order chi connectivity index (χ1) is 15.6. The van der Waals surface area contributed by atoms with E-state index < -0.39 is 23.7 Å². The molecule has 1 fully saturated rings. The van der Waals surface area contributed by atoms with E-state index in [9.17, 15) is 14.4 Å². The van der Waals surface area contributed by atoms with Crippen molar-refractivity contribution < 1.29 is 19.2 Å². The number of pyridine rings is 1. The molecule has 5 rings (SSSR count). The van der Waals surface area contributed by atoms with Crippen molar-refractivity contribution in [2.75, 3.05) is 13.1 Å². The number of hydroxylamine groups is 2. The summed E-state index contributed by atoms with van der Waals surface area (Å²) in [6.45, 7) is 1.81. The van der Waals surface area contributed by atoms with E-state index >= 15 is 0 Å². The molecule has 1 saturated heterocycles. The molecule has 32 heavy (non-hydrogen) atoms. The summed E-state index contributed by atoms with van der Waals surface area (Å²) < 4.78 is 0. The van der Waals surface area contributed by atoms with Gasteiger partial charge in [0.1, 0.15) is 0 Å². The smallest absolute Gasteiger partial charge is 0.329 e. The van der Waals surface area contributed by atoms with Crippen LogP contribution in [0.4, 0.5) is 0 Å². The molecule has 0 saturated carbocycles. The zero-order chi connectivity index (χ0) is 22.1. The van der Waals surface area contributed by atoms with Crippen molar-refractivity contribution in [2.24, 2.45) is 5.92 Å².